The molecule has 5 nitrogen and oxygen atoms in total. The van der Waals surface area contributed by atoms with Gasteiger partial charge in [-0.2, -0.15) is 0 Å². The van der Waals surface area contributed by atoms with Crippen molar-refractivity contribution in [3.63, 3.8) is 0 Å². The largest absolute Gasteiger partial charge is 0.508 e. The maximum atomic E-state index is 12.7. The van der Waals surface area contributed by atoms with Gasteiger partial charge in [-0.15, -0.1) is 0 Å². The maximum absolute atomic E-state index is 12.7. The van der Waals surface area contributed by atoms with Crippen molar-refractivity contribution >= 4 is 21.4 Å². The minimum Gasteiger partial charge on any atom is -0.508 e. The number of phenolic OH excluding ortho intramolecular Hbond substituents is 1. The van der Waals surface area contributed by atoms with E-state index in [0.717, 1.165) is 12.0 Å². The van der Waals surface area contributed by atoms with E-state index in [-0.39, 0.29) is 17.4 Å². The number of aromatic hydroxyl groups is 1. The predicted molar refractivity (Wildman–Crippen MR) is 82.3 cm³/mol. The average Bonchev–Trinajstić information content (AvgIpc) is 2.42. The lowest BCUT2D eigenvalue weighted by Gasteiger charge is -2.29. The molecule has 0 saturated carbocycles. The van der Waals surface area contributed by atoms with Crippen LogP contribution >= 0.6 is 0 Å². The van der Waals surface area contributed by atoms with Gasteiger partial charge < -0.3 is 10.0 Å². The number of hydrogen-bond donors (Lipinski definition) is 1. The Morgan fingerprint density at radius 3 is 2.71 bits per heavy atom. The number of nitrogens with zero attached hydrogens (tertiary/aromatic N) is 1. The van der Waals surface area contributed by atoms with Crippen LogP contribution in [0.4, 0.5) is 5.69 Å². The van der Waals surface area contributed by atoms with Crippen molar-refractivity contribution in [2.24, 2.45) is 0 Å². The molecule has 116 valence electrons. The molecule has 0 aliphatic carbocycles. The van der Waals surface area contributed by atoms with Crippen molar-refractivity contribution in [3.8, 4) is 5.75 Å². The first-order valence-corrected chi connectivity index (χ1v) is 8.91. The molecule has 1 fully saturated rings. The van der Waals surface area contributed by atoms with E-state index < -0.39 is 15.1 Å². The molecule has 0 spiro atoms. The highest BCUT2D eigenvalue weighted by molar-refractivity contribution is 7.92. The number of carbonyl (C=O) groups excluding carboxylic acids is 1. The standard InChI is InChI=1S/C15H21NO4S/c1-3-16(13-10-12(17)8-7-11(13)2)15(18)14-6-4-5-9-21(14,19)20/h7-8,10,14,17H,3-6,9H2,1-2H3. The lowest BCUT2D eigenvalue weighted by atomic mass is 10.1. The van der Waals surface area contributed by atoms with E-state index in [1.807, 2.05) is 6.92 Å². The van der Waals surface area contributed by atoms with Gasteiger partial charge in [-0.05, 0) is 38.3 Å². The maximum Gasteiger partial charge on any atom is 0.245 e. The van der Waals surface area contributed by atoms with E-state index in [2.05, 4.69) is 0 Å². The first-order valence-electron chi connectivity index (χ1n) is 7.19. The van der Waals surface area contributed by atoms with Crippen LogP contribution in [0.25, 0.3) is 0 Å². The van der Waals surface area contributed by atoms with Crippen LogP contribution in [-0.2, 0) is 14.6 Å². The SMILES string of the molecule is CCN(C(=O)C1CCCCS1(=O)=O)c1cc(O)ccc1C. The number of rotatable bonds is 3. The second-order valence-electron chi connectivity index (χ2n) is 5.40. The average molecular weight is 311 g/mol. The van der Waals surface area contributed by atoms with E-state index in [0.29, 0.717) is 25.1 Å². The number of hydrogen-bond acceptors (Lipinski definition) is 4. The van der Waals surface area contributed by atoms with Gasteiger partial charge >= 0.3 is 0 Å². The Bertz CT molecular complexity index is 639. The molecule has 1 aromatic carbocycles. The monoisotopic (exact) mass is 311 g/mol. The quantitative estimate of drug-likeness (QED) is 0.926. The molecule has 1 saturated heterocycles. The van der Waals surface area contributed by atoms with Gasteiger partial charge in [0.1, 0.15) is 11.0 Å². The van der Waals surface area contributed by atoms with Crippen LogP contribution in [0.3, 0.4) is 0 Å². The summed E-state index contributed by atoms with van der Waals surface area (Å²) in [5.41, 5.74) is 1.40. The lowest BCUT2D eigenvalue weighted by Crippen LogP contribution is -2.45. The third-order valence-electron chi connectivity index (χ3n) is 3.92. The molecule has 1 heterocycles. The summed E-state index contributed by atoms with van der Waals surface area (Å²) >= 11 is 0. The van der Waals surface area contributed by atoms with E-state index in [1.54, 1.807) is 19.1 Å². The van der Waals surface area contributed by atoms with E-state index >= 15 is 0 Å². The van der Waals surface area contributed by atoms with Crippen LogP contribution in [0.5, 0.6) is 5.75 Å². The zero-order chi connectivity index (χ0) is 15.6. The topological polar surface area (TPSA) is 74.7 Å². The number of amides is 1. The molecule has 2 rings (SSSR count). The van der Waals surface area contributed by atoms with Crippen molar-refractivity contribution in [2.45, 2.75) is 38.4 Å². The van der Waals surface area contributed by atoms with Gasteiger partial charge in [0, 0.05) is 12.6 Å². The van der Waals surface area contributed by atoms with Crippen molar-refractivity contribution in [1.82, 2.24) is 0 Å². The molecule has 1 N–H and O–H groups in total. The molecular formula is C15H21NO4S. The number of phenols is 1. The van der Waals surface area contributed by atoms with Crippen molar-refractivity contribution < 1.29 is 18.3 Å². The highest BCUT2D eigenvalue weighted by Crippen LogP contribution is 2.28. The fourth-order valence-corrected chi connectivity index (χ4v) is 4.59. The molecule has 1 aliphatic heterocycles. The summed E-state index contributed by atoms with van der Waals surface area (Å²) in [5.74, 6) is -0.237. The summed E-state index contributed by atoms with van der Waals surface area (Å²) in [6, 6.07) is 4.77. The molecule has 1 amide bonds. The molecule has 0 aromatic heterocycles. The number of carbonyl (C=O) groups is 1. The molecule has 21 heavy (non-hydrogen) atoms. The smallest absolute Gasteiger partial charge is 0.245 e. The van der Waals surface area contributed by atoms with E-state index in [9.17, 15) is 18.3 Å². The Balaban J connectivity index is 2.37. The van der Waals surface area contributed by atoms with Gasteiger partial charge in [-0.1, -0.05) is 12.5 Å². The van der Waals surface area contributed by atoms with Crippen LogP contribution in [-0.4, -0.2) is 37.0 Å². The van der Waals surface area contributed by atoms with Crippen LogP contribution in [0.1, 0.15) is 31.7 Å². The minimum absolute atomic E-state index is 0.0633. The number of sulfone groups is 1. The fraction of sp³-hybridized carbons (Fsp3) is 0.533. The second-order valence-corrected chi connectivity index (χ2v) is 7.71. The number of benzene rings is 1. The Hall–Kier alpha value is -1.56. The molecule has 1 aliphatic rings. The zero-order valence-electron chi connectivity index (χ0n) is 12.4. The number of anilines is 1. The molecule has 6 heteroatoms. The summed E-state index contributed by atoms with van der Waals surface area (Å²) in [5, 5.41) is 8.67. The van der Waals surface area contributed by atoms with Gasteiger partial charge in [-0.25, -0.2) is 8.42 Å². The Labute approximate surface area is 125 Å². The molecule has 0 bridgehead atoms. The molecule has 1 aromatic rings. The normalized spacial score (nSPS) is 21.0. The van der Waals surface area contributed by atoms with Gasteiger partial charge in [-0.3, -0.25) is 4.79 Å². The molecule has 0 radical (unpaired) electrons. The lowest BCUT2D eigenvalue weighted by molar-refractivity contribution is -0.118. The first-order chi connectivity index (χ1) is 9.86. The molecule has 1 unspecified atom stereocenters. The highest BCUT2D eigenvalue weighted by Gasteiger charge is 2.37. The summed E-state index contributed by atoms with van der Waals surface area (Å²) in [4.78, 5) is 14.1. The van der Waals surface area contributed by atoms with Gasteiger partial charge in [0.25, 0.3) is 0 Å². The van der Waals surface area contributed by atoms with Crippen molar-refractivity contribution in [2.75, 3.05) is 17.2 Å². The van der Waals surface area contributed by atoms with Crippen LogP contribution in [0.2, 0.25) is 0 Å². The Kier molecular flexibility index (Phi) is 4.56. The summed E-state index contributed by atoms with van der Waals surface area (Å²) in [7, 11) is -3.36. The third-order valence-corrected chi connectivity index (χ3v) is 6.08. The predicted octanol–water partition coefficient (Wildman–Crippen LogP) is 2.02. The summed E-state index contributed by atoms with van der Waals surface area (Å²) in [6.45, 7) is 4.01. The zero-order valence-corrected chi connectivity index (χ0v) is 13.2. The van der Waals surface area contributed by atoms with Crippen LogP contribution in [0.15, 0.2) is 18.2 Å². The van der Waals surface area contributed by atoms with Crippen LogP contribution in [0, 0.1) is 6.92 Å². The van der Waals surface area contributed by atoms with E-state index in [4.69, 9.17) is 0 Å². The highest BCUT2D eigenvalue weighted by atomic mass is 32.2. The van der Waals surface area contributed by atoms with Crippen LogP contribution < -0.4 is 4.90 Å². The van der Waals surface area contributed by atoms with Crippen molar-refractivity contribution in [1.29, 1.82) is 0 Å². The summed E-state index contributed by atoms with van der Waals surface area (Å²) < 4.78 is 24.3. The minimum atomic E-state index is -3.36. The fourth-order valence-electron chi connectivity index (χ4n) is 2.74. The van der Waals surface area contributed by atoms with Crippen molar-refractivity contribution in [3.05, 3.63) is 23.8 Å². The van der Waals surface area contributed by atoms with E-state index in [1.165, 1.54) is 11.0 Å². The van der Waals surface area contributed by atoms with Gasteiger partial charge in [0.05, 0.1) is 11.4 Å². The first kappa shape index (κ1) is 15.8. The van der Waals surface area contributed by atoms with Gasteiger partial charge in [0.15, 0.2) is 9.84 Å². The van der Waals surface area contributed by atoms with Gasteiger partial charge in [0.2, 0.25) is 5.91 Å². The molecular weight excluding hydrogens is 290 g/mol. The number of aryl methyl sites for hydroxylation is 1. The Morgan fingerprint density at radius 1 is 1.38 bits per heavy atom. The molecule has 1 atom stereocenters. The Morgan fingerprint density at radius 2 is 2.10 bits per heavy atom. The third kappa shape index (κ3) is 3.20. The second kappa shape index (κ2) is 6.05. The summed E-state index contributed by atoms with van der Waals surface area (Å²) in [6.07, 6.45) is 1.77.